The Morgan fingerprint density at radius 3 is 1.77 bits per heavy atom. The first-order chi connectivity index (χ1) is 17.9. The van der Waals surface area contributed by atoms with Crippen LogP contribution in [0.3, 0.4) is 0 Å². The summed E-state index contributed by atoms with van der Waals surface area (Å²) >= 11 is 0. The molecule has 2 aromatic rings. The van der Waals surface area contributed by atoms with Gasteiger partial charge in [0, 0.05) is 0 Å². The van der Waals surface area contributed by atoms with Gasteiger partial charge in [0.25, 0.3) is 0 Å². The van der Waals surface area contributed by atoms with Gasteiger partial charge in [0.15, 0.2) is 42.6 Å². The summed E-state index contributed by atoms with van der Waals surface area (Å²) in [5.41, 5.74) is 7.34. The quantitative estimate of drug-likeness (QED) is 0.316. The molecule has 0 aromatic carbocycles. The minimum Gasteiger partial charge on any atom is -0.414 e. The van der Waals surface area contributed by atoms with Crippen molar-refractivity contribution in [2.24, 2.45) is 0 Å². The number of ether oxygens (including phenoxy) is 1. The van der Waals surface area contributed by atoms with Gasteiger partial charge in [-0.1, -0.05) is 62.3 Å². The summed E-state index contributed by atoms with van der Waals surface area (Å²) in [6, 6.07) is 0. The van der Waals surface area contributed by atoms with Gasteiger partial charge in [-0.2, -0.15) is 0 Å². The number of hydrogen-bond donors (Lipinski definition) is 1. The summed E-state index contributed by atoms with van der Waals surface area (Å²) in [6.45, 7) is 34.4. The van der Waals surface area contributed by atoms with E-state index >= 15 is 0 Å². The third kappa shape index (κ3) is 6.57. The van der Waals surface area contributed by atoms with E-state index in [-0.39, 0.29) is 33.4 Å². The zero-order valence-corrected chi connectivity index (χ0v) is 30.7. The molecule has 1 aliphatic heterocycles. The van der Waals surface area contributed by atoms with E-state index < -0.39 is 31.2 Å². The third-order valence-corrected chi connectivity index (χ3v) is 23.3. The highest BCUT2D eigenvalue weighted by atomic mass is 28.4. The summed E-state index contributed by atoms with van der Waals surface area (Å²) < 4.78 is 30.1. The molecule has 0 saturated carbocycles. The van der Waals surface area contributed by atoms with Crippen molar-refractivity contribution in [3.63, 3.8) is 0 Å². The number of imidazole rings is 1. The van der Waals surface area contributed by atoms with Gasteiger partial charge in [0.1, 0.15) is 30.2 Å². The molecule has 1 fully saturated rings. The van der Waals surface area contributed by atoms with Crippen LogP contribution < -0.4 is 5.73 Å². The summed E-state index contributed by atoms with van der Waals surface area (Å²) in [6.07, 6.45) is 1.69. The second-order valence-electron chi connectivity index (χ2n) is 15.9. The maximum Gasteiger partial charge on any atom is 0.192 e. The summed E-state index contributed by atoms with van der Waals surface area (Å²) in [7, 11) is -6.52. The van der Waals surface area contributed by atoms with Crippen molar-refractivity contribution in [2.45, 2.75) is 141 Å². The maximum absolute atomic E-state index is 7.22. The average molecular weight is 610 g/mol. The Bertz CT molecular complexity index is 1180. The maximum atomic E-state index is 7.22. The van der Waals surface area contributed by atoms with Gasteiger partial charge in [-0.15, -0.1) is 0 Å². The number of hydrogen-bond acceptors (Lipinski definition) is 8. The van der Waals surface area contributed by atoms with E-state index in [0.717, 1.165) is 0 Å². The van der Waals surface area contributed by atoms with Crippen LogP contribution in [0.15, 0.2) is 12.7 Å². The Hall–Kier alpha value is -1.16. The number of rotatable bonds is 8. The number of aromatic nitrogens is 4. The fourth-order valence-corrected chi connectivity index (χ4v) is 7.55. The van der Waals surface area contributed by atoms with Crippen molar-refractivity contribution in [3.05, 3.63) is 12.7 Å². The minimum atomic E-state index is -2.25. The van der Waals surface area contributed by atoms with Gasteiger partial charge in [-0.3, -0.25) is 4.57 Å². The fourth-order valence-electron chi connectivity index (χ4n) is 3.93. The molecule has 0 aliphatic carbocycles. The molecular weight excluding hydrogens is 555 g/mol. The van der Waals surface area contributed by atoms with Crippen molar-refractivity contribution in [2.75, 3.05) is 12.3 Å². The number of anilines is 1. The molecule has 4 unspecified atom stereocenters. The van der Waals surface area contributed by atoms with Crippen molar-refractivity contribution in [3.8, 4) is 0 Å². The van der Waals surface area contributed by atoms with E-state index in [1.54, 1.807) is 6.33 Å². The van der Waals surface area contributed by atoms with Crippen molar-refractivity contribution < 1.29 is 18.0 Å². The predicted octanol–water partition coefficient (Wildman–Crippen LogP) is 7.11. The van der Waals surface area contributed by atoms with Crippen LogP contribution in [0.25, 0.3) is 11.2 Å². The van der Waals surface area contributed by atoms with Crippen LogP contribution in [0.2, 0.25) is 54.4 Å². The molecule has 40 heavy (non-hydrogen) atoms. The second kappa shape index (κ2) is 10.8. The standard InChI is InChI=1S/C28H55N5O4Si3/c1-26(2,3)38(10,11)34-16-19-21(36-39(12,13)27(4,5)6)22(37-40(14,15)28(7,8)9)25(35-19)33-18-32-20-23(29)30-17-31-24(20)33/h17-19,21-22,25H,16H2,1-15H3,(H2,29,30,31). The number of nitrogens with zero attached hydrogens (tertiary/aromatic N) is 4. The molecule has 4 atom stereocenters. The monoisotopic (exact) mass is 609 g/mol. The lowest BCUT2D eigenvalue weighted by molar-refractivity contribution is -0.0470. The summed E-state index contributed by atoms with van der Waals surface area (Å²) in [4.78, 5) is 13.2. The van der Waals surface area contributed by atoms with E-state index in [1.165, 1.54) is 6.33 Å². The molecule has 12 heteroatoms. The minimum absolute atomic E-state index is 0.00158. The summed E-state index contributed by atoms with van der Waals surface area (Å²) in [5.74, 6) is 0.343. The van der Waals surface area contributed by atoms with E-state index in [9.17, 15) is 0 Å². The Morgan fingerprint density at radius 1 is 0.775 bits per heavy atom. The Labute approximate surface area is 245 Å². The molecule has 1 saturated heterocycles. The van der Waals surface area contributed by atoms with Crippen LogP contribution in [-0.4, -0.2) is 69.4 Å². The summed E-state index contributed by atoms with van der Waals surface area (Å²) in [5, 5.41) is 0.0893. The second-order valence-corrected chi connectivity index (χ2v) is 30.2. The first-order valence-electron chi connectivity index (χ1n) is 14.5. The molecule has 0 bridgehead atoms. The van der Waals surface area contributed by atoms with Crippen LogP contribution in [0.1, 0.15) is 68.5 Å². The van der Waals surface area contributed by atoms with Gasteiger partial charge < -0.3 is 23.7 Å². The largest absolute Gasteiger partial charge is 0.414 e. The molecule has 0 radical (unpaired) electrons. The van der Waals surface area contributed by atoms with Gasteiger partial charge in [-0.05, 0) is 54.4 Å². The first-order valence-corrected chi connectivity index (χ1v) is 23.2. The molecule has 9 nitrogen and oxygen atoms in total. The van der Waals surface area contributed by atoms with Crippen molar-refractivity contribution >= 4 is 41.9 Å². The normalized spacial score (nSPS) is 23.8. The molecule has 2 aromatic heterocycles. The molecule has 3 heterocycles. The number of nitrogen functional groups attached to an aromatic ring is 1. The highest BCUT2D eigenvalue weighted by Gasteiger charge is 2.55. The zero-order chi connectivity index (χ0) is 30.7. The topological polar surface area (TPSA) is 107 Å². The SMILES string of the molecule is CC(C)(C)[Si](C)(C)OCC1OC(n2cnc3c(N)ncnc32)C(O[Si](C)(C)C(C)(C)C)C1O[Si](C)(C)C(C)(C)C. The lowest BCUT2D eigenvalue weighted by Gasteiger charge is -2.44. The zero-order valence-electron chi connectivity index (χ0n) is 27.7. The van der Waals surface area contributed by atoms with Gasteiger partial charge in [0.2, 0.25) is 0 Å². The third-order valence-electron chi connectivity index (χ3n) is 9.84. The van der Waals surface area contributed by atoms with Crippen LogP contribution >= 0.6 is 0 Å². The van der Waals surface area contributed by atoms with Gasteiger partial charge >= 0.3 is 0 Å². The highest BCUT2D eigenvalue weighted by molar-refractivity contribution is 6.75. The van der Waals surface area contributed by atoms with E-state index in [0.29, 0.717) is 23.6 Å². The lowest BCUT2D eigenvalue weighted by atomic mass is 10.1. The van der Waals surface area contributed by atoms with E-state index in [4.69, 9.17) is 23.7 Å². The van der Waals surface area contributed by atoms with Crippen LogP contribution in [0.4, 0.5) is 5.82 Å². The van der Waals surface area contributed by atoms with Gasteiger partial charge in [0.05, 0.1) is 12.9 Å². The lowest BCUT2D eigenvalue weighted by Crippen LogP contribution is -2.54. The van der Waals surface area contributed by atoms with Crippen LogP contribution in [0, 0.1) is 0 Å². The Morgan fingerprint density at radius 2 is 1.27 bits per heavy atom. The average Bonchev–Trinajstić information content (AvgIpc) is 3.32. The predicted molar refractivity (Wildman–Crippen MR) is 171 cm³/mol. The molecule has 3 rings (SSSR count). The molecule has 228 valence electrons. The highest BCUT2D eigenvalue weighted by Crippen LogP contribution is 2.47. The van der Waals surface area contributed by atoms with Crippen molar-refractivity contribution in [1.82, 2.24) is 19.5 Å². The number of fused-ring (bicyclic) bond motifs is 1. The molecule has 2 N–H and O–H groups in total. The fraction of sp³-hybridized carbons (Fsp3) is 0.821. The Kier molecular flexibility index (Phi) is 9.03. The Balaban J connectivity index is 2.15. The number of nitrogens with two attached hydrogens (primary N) is 1. The smallest absolute Gasteiger partial charge is 0.192 e. The molecule has 0 spiro atoms. The van der Waals surface area contributed by atoms with Gasteiger partial charge in [-0.25, -0.2) is 15.0 Å². The van der Waals surface area contributed by atoms with Crippen LogP contribution in [-0.2, 0) is 18.0 Å². The molecule has 0 amide bonds. The molecule has 1 aliphatic rings. The van der Waals surface area contributed by atoms with Crippen molar-refractivity contribution in [1.29, 1.82) is 0 Å². The van der Waals surface area contributed by atoms with Crippen LogP contribution in [0.5, 0.6) is 0 Å². The molecular formula is C28H55N5O4Si3. The van der Waals surface area contributed by atoms with E-state index in [2.05, 4.69) is 117 Å². The van der Waals surface area contributed by atoms with E-state index in [1.807, 2.05) is 4.57 Å². The first kappa shape index (κ1) is 33.3.